The Kier molecular flexibility index (Phi) is 4.37. The van der Waals surface area contributed by atoms with Crippen molar-refractivity contribution in [3.05, 3.63) is 66.7 Å². The van der Waals surface area contributed by atoms with Crippen molar-refractivity contribution in [2.45, 2.75) is 0 Å². The molecule has 0 atom stereocenters. The quantitative estimate of drug-likeness (QED) is 0.477. The van der Waals surface area contributed by atoms with Crippen molar-refractivity contribution in [3.63, 3.8) is 0 Å². The second kappa shape index (κ2) is 6.02. The molecule has 1 heterocycles. The summed E-state index contributed by atoms with van der Waals surface area (Å²) >= 11 is 0. The third-order valence-corrected chi connectivity index (χ3v) is 2.97. The molecule has 0 amide bonds. The standard InChI is InChI=1S/C16H14NO.HI/c1-17-15(13-8-4-2-5-9-13)12-16(18-17)14-10-6-3-7-11-14;/h2-12H,1H3;1H/q+1;/p-1. The molecule has 0 radical (unpaired) electrons. The van der Waals surface area contributed by atoms with Crippen LogP contribution in [0.1, 0.15) is 0 Å². The van der Waals surface area contributed by atoms with Crippen LogP contribution in [0.3, 0.4) is 0 Å². The molecule has 0 saturated carbocycles. The maximum atomic E-state index is 5.77. The summed E-state index contributed by atoms with van der Waals surface area (Å²) in [6, 6.07) is 22.5. The normalized spacial score (nSPS) is 9.95. The van der Waals surface area contributed by atoms with Crippen LogP contribution >= 0.6 is 0 Å². The lowest BCUT2D eigenvalue weighted by Gasteiger charge is -1.89. The molecule has 2 nitrogen and oxygen atoms in total. The zero-order valence-corrected chi connectivity index (χ0v) is 12.7. The first-order valence-electron chi connectivity index (χ1n) is 5.96. The van der Waals surface area contributed by atoms with E-state index >= 15 is 0 Å². The summed E-state index contributed by atoms with van der Waals surface area (Å²) in [6.45, 7) is 0. The third-order valence-electron chi connectivity index (χ3n) is 2.97. The largest absolute Gasteiger partial charge is 1.00 e. The van der Waals surface area contributed by atoms with Gasteiger partial charge in [0.25, 0.3) is 5.69 Å². The first kappa shape index (κ1) is 13.8. The van der Waals surface area contributed by atoms with Crippen molar-refractivity contribution in [1.82, 2.24) is 0 Å². The predicted molar refractivity (Wildman–Crippen MR) is 70.8 cm³/mol. The molecule has 3 aromatic rings. The molecule has 0 fully saturated rings. The number of nitrogens with zero attached hydrogens (tertiary/aromatic N) is 1. The van der Waals surface area contributed by atoms with Crippen molar-refractivity contribution in [3.8, 4) is 22.6 Å². The molecule has 0 unspecified atom stereocenters. The highest BCUT2D eigenvalue weighted by Crippen LogP contribution is 2.23. The number of hydrogen-bond acceptors (Lipinski definition) is 1. The fraction of sp³-hybridized carbons (Fsp3) is 0.0625. The molecule has 96 valence electrons. The molecule has 3 rings (SSSR count). The summed E-state index contributed by atoms with van der Waals surface area (Å²) in [6.07, 6.45) is 0. The highest BCUT2D eigenvalue weighted by atomic mass is 127. The van der Waals surface area contributed by atoms with Crippen molar-refractivity contribution in [2.75, 3.05) is 0 Å². The van der Waals surface area contributed by atoms with Gasteiger partial charge in [0, 0.05) is 5.56 Å². The molecule has 1 aromatic heterocycles. The Morgan fingerprint density at radius 3 is 1.89 bits per heavy atom. The zero-order chi connectivity index (χ0) is 12.4. The third kappa shape index (κ3) is 2.87. The summed E-state index contributed by atoms with van der Waals surface area (Å²) in [5, 5.41) is 0. The topological polar surface area (TPSA) is 17.0 Å². The van der Waals surface area contributed by atoms with Crippen LogP contribution in [0.5, 0.6) is 0 Å². The molecule has 0 spiro atoms. The molecule has 0 N–H and O–H groups in total. The molecular formula is C16H14INO. The first-order chi connectivity index (χ1) is 8.84. The smallest absolute Gasteiger partial charge is 0.262 e. The average Bonchev–Trinajstić information content (AvgIpc) is 2.83. The summed E-state index contributed by atoms with van der Waals surface area (Å²) < 4.78 is 7.58. The van der Waals surface area contributed by atoms with Crippen LogP contribution in [-0.2, 0) is 7.05 Å². The van der Waals surface area contributed by atoms with Crippen molar-refractivity contribution in [2.24, 2.45) is 7.05 Å². The SMILES string of the molecule is C[n+]1oc(-c2ccccc2)cc1-c1ccccc1.[I-]. The highest BCUT2D eigenvalue weighted by Gasteiger charge is 2.18. The van der Waals surface area contributed by atoms with E-state index in [9.17, 15) is 0 Å². The van der Waals surface area contributed by atoms with Gasteiger partial charge in [-0.3, -0.25) is 0 Å². The number of rotatable bonds is 2. The Bertz CT molecular complexity index is 647. The number of halogens is 1. The summed E-state index contributed by atoms with van der Waals surface area (Å²) in [5.41, 5.74) is 3.33. The van der Waals surface area contributed by atoms with E-state index in [-0.39, 0.29) is 24.0 Å². The summed E-state index contributed by atoms with van der Waals surface area (Å²) in [7, 11) is 1.93. The van der Waals surface area contributed by atoms with Crippen LogP contribution in [0.25, 0.3) is 22.6 Å². The second-order valence-electron chi connectivity index (χ2n) is 4.21. The fourth-order valence-electron chi connectivity index (χ4n) is 2.05. The van der Waals surface area contributed by atoms with E-state index in [1.54, 1.807) is 4.74 Å². The van der Waals surface area contributed by atoms with E-state index < -0.39 is 0 Å². The van der Waals surface area contributed by atoms with Gasteiger partial charge >= 0.3 is 0 Å². The molecule has 0 aliphatic rings. The van der Waals surface area contributed by atoms with Crippen LogP contribution in [0.4, 0.5) is 0 Å². The Labute approximate surface area is 129 Å². The lowest BCUT2D eigenvalue weighted by molar-refractivity contribution is -0.834. The number of benzene rings is 2. The average molecular weight is 363 g/mol. The van der Waals surface area contributed by atoms with Gasteiger partial charge < -0.3 is 24.0 Å². The Balaban J connectivity index is 0.00000133. The minimum Gasteiger partial charge on any atom is -1.00 e. The molecule has 0 bridgehead atoms. The van der Waals surface area contributed by atoms with E-state index in [0.717, 1.165) is 22.6 Å². The lowest BCUT2D eigenvalue weighted by atomic mass is 10.1. The van der Waals surface area contributed by atoms with Gasteiger partial charge in [-0.05, 0) is 16.9 Å². The zero-order valence-electron chi connectivity index (χ0n) is 10.6. The number of aromatic nitrogens is 1. The Morgan fingerprint density at radius 2 is 1.32 bits per heavy atom. The summed E-state index contributed by atoms with van der Waals surface area (Å²) in [4.78, 5) is 0. The monoisotopic (exact) mass is 363 g/mol. The molecule has 0 aliphatic carbocycles. The molecule has 0 aliphatic heterocycles. The van der Waals surface area contributed by atoms with Gasteiger partial charge in [-0.25, -0.2) is 4.52 Å². The van der Waals surface area contributed by atoms with Gasteiger partial charge in [0.1, 0.15) is 0 Å². The van der Waals surface area contributed by atoms with E-state index in [4.69, 9.17) is 4.52 Å². The molecule has 19 heavy (non-hydrogen) atoms. The van der Waals surface area contributed by atoms with Gasteiger partial charge in [-0.1, -0.05) is 48.5 Å². The van der Waals surface area contributed by atoms with Crippen molar-refractivity contribution < 1.29 is 33.2 Å². The second-order valence-corrected chi connectivity index (χ2v) is 4.21. The maximum Gasteiger partial charge on any atom is 0.262 e. The maximum absolute atomic E-state index is 5.77. The molecular weight excluding hydrogens is 349 g/mol. The summed E-state index contributed by atoms with van der Waals surface area (Å²) in [5.74, 6) is 0.886. The van der Waals surface area contributed by atoms with Gasteiger partial charge in [0.15, 0.2) is 7.05 Å². The van der Waals surface area contributed by atoms with Gasteiger partial charge in [0.2, 0.25) is 5.76 Å². The van der Waals surface area contributed by atoms with Gasteiger partial charge in [-0.2, -0.15) is 0 Å². The molecule has 0 saturated heterocycles. The van der Waals surface area contributed by atoms with Gasteiger partial charge in [-0.15, -0.1) is 0 Å². The Hall–Kier alpha value is -1.62. The van der Waals surface area contributed by atoms with Crippen LogP contribution in [0.15, 0.2) is 71.3 Å². The van der Waals surface area contributed by atoms with Crippen LogP contribution in [-0.4, -0.2) is 0 Å². The first-order valence-corrected chi connectivity index (χ1v) is 5.96. The lowest BCUT2D eigenvalue weighted by Crippen LogP contribution is -3.00. The number of hydrogen-bond donors (Lipinski definition) is 0. The van der Waals surface area contributed by atoms with Crippen LogP contribution < -0.4 is 28.7 Å². The van der Waals surface area contributed by atoms with E-state index in [1.165, 1.54) is 0 Å². The van der Waals surface area contributed by atoms with Crippen LogP contribution in [0, 0.1) is 0 Å². The van der Waals surface area contributed by atoms with Crippen molar-refractivity contribution in [1.29, 1.82) is 0 Å². The van der Waals surface area contributed by atoms with Crippen LogP contribution in [0.2, 0.25) is 0 Å². The van der Waals surface area contributed by atoms with Gasteiger partial charge in [0.05, 0.1) is 11.6 Å². The minimum absolute atomic E-state index is 0. The minimum atomic E-state index is 0. The number of aryl methyl sites for hydroxylation is 1. The fourth-order valence-corrected chi connectivity index (χ4v) is 2.05. The van der Waals surface area contributed by atoms with E-state index in [0.29, 0.717) is 0 Å². The Morgan fingerprint density at radius 1 is 0.789 bits per heavy atom. The molecule has 3 heteroatoms. The predicted octanol–water partition coefficient (Wildman–Crippen LogP) is 0.442. The molecule has 2 aromatic carbocycles. The highest BCUT2D eigenvalue weighted by molar-refractivity contribution is 5.64. The van der Waals surface area contributed by atoms with E-state index in [1.807, 2.05) is 55.6 Å². The van der Waals surface area contributed by atoms with Crippen molar-refractivity contribution >= 4 is 0 Å². The van der Waals surface area contributed by atoms with E-state index in [2.05, 4.69) is 18.2 Å².